The highest BCUT2D eigenvalue weighted by atomic mass is 16.4. The number of hydrogen-bond acceptors (Lipinski definition) is 5. The van der Waals surface area contributed by atoms with Crippen LogP contribution >= 0.6 is 0 Å². The minimum Gasteiger partial charge on any atom is -0.486 e. The van der Waals surface area contributed by atoms with Gasteiger partial charge in [-0.05, 0) is 107 Å². The highest BCUT2D eigenvalue weighted by Crippen LogP contribution is 2.38. The second-order valence-electron chi connectivity index (χ2n) is 11.5. The van der Waals surface area contributed by atoms with Crippen molar-refractivity contribution in [2.45, 2.75) is 0 Å². The summed E-state index contributed by atoms with van der Waals surface area (Å²) in [6, 6.07) is 52.8. The van der Waals surface area contributed by atoms with Crippen LogP contribution in [0.4, 0.5) is 34.1 Å². The fourth-order valence-electron chi connectivity index (χ4n) is 5.70. The van der Waals surface area contributed by atoms with E-state index in [1.807, 2.05) is 84.9 Å². The summed E-state index contributed by atoms with van der Waals surface area (Å²) in [6.45, 7) is 7.14. The van der Waals surface area contributed by atoms with E-state index >= 15 is 0 Å². The van der Waals surface area contributed by atoms with E-state index in [1.165, 1.54) is 12.2 Å². The molecule has 0 spiro atoms. The lowest BCUT2D eigenvalue weighted by atomic mass is 10.0. The second-order valence-corrected chi connectivity index (χ2v) is 11.5. The summed E-state index contributed by atoms with van der Waals surface area (Å²) in [4.78, 5) is 29.9. The van der Waals surface area contributed by atoms with E-state index in [1.54, 1.807) is 30.3 Å². The van der Waals surface area contributed by atoms with Crippen molar-refractivity contribution in [3.05, 3.63) is 192 Å². The Morgan fingerprint density at radius 1 is 0.519 bits per heavy atom. The molecule has 6 aromatic rings. The number of hydrogen-bond donors (Lipinski definition) is 2. The van der Waals surface area contributed by atoms with Crippen LogP contribution in [0.15, 0.2) is 169 Å². The molecule has 8 nitrogen and oxygen atoms in total. The standard InChI is InChI=1S/C44H30N4O4/c1-46-42(44(51)52)29-32-14-22-39(23-15-32)48(37-10-6-3-7-11-37)41-26-18-34(19-27-41)33-16-24-40(25-17-33)47(36-8-4-2-5-9-36)38-20-12-31(13-21-38)28-35(30-45)43(49)50/h2-29H,(H,49,50)(H,51,52)/b35-28+,42-29+. The van der Waals surface area contributed by atoms with Crippen molar-refractivity contribution in [1.29, 1.82) is 5.26 Å². The van der Waals surface area contributed by atoms with E-state index in [4.69, 9.17) is 11.8 Å². The maximum atomic E-state index is 11.3. The summed E-state index contributed by atoms with van der Waals surface area (Å²) in [5.74, 6) is -2.53. The molecule has 6 aromatic carbocycles. The number of para-hydroxylation sites is 2. The van der Waals surface area contributed by atoms with Crippen molar-refractivity contribution in [2.75, 3.05) is 9.80 Å². The quantitative estimate of drug-likeness (QED) is 0.0797. The number of benzene rings is 6. The number of nitriles is 1. The summed E-state index contributed by atoms with van der Waals surface area (Å²) in [6.07, 6.45) is 2.71. The molecule has 0 aliphatic carbocycles. The molecule has 0 radical (unpaired) electrons. The van der Waals surface area contributed by atoms with Crippen molar-refractivity contribution in [1.82, 2.24) is 0 Å². The Labute approximate surface area is 301 Å². The van der Waals surface area contributed by atoms with Crippen molar-refractivity contribution < 1.29 is 19.8 Å². The summed E-state index contributed by atoms with van der Waals surface area (Å²) < 4.78 is 0. The molecule has 0 saturated carbocycles. The van der Waals surface area contributed by atoms with Crippen LogP contribution in [0.25, 0.3) is 28.1 Å². The first-order valence-corrected chi connectivity index (χ1v) is 16.1. The fourth-order valence-corrected chi connectivity index (χ4v) is 5.70. The summed E-state index contributed by atoms with van der Waals surface area (Å²) >= 11 is 0. The molecular weight excluding hydrogens is 649 g/mol. The van der Waals surface area contributed by atoms with Gasteiger partial charge in [-0.2, -0.15) is 5.26 Å². The van der Waals surface area contributed by atoms with Crippen LogP contribution in [0, 0.1) is 17.9 Å². The van der Waals surface area contributed by atoms with Crippen LogP contribution in [-0.4, -0.2) is 22.2 Å². The maximum Gasteiger partial charge on any atom is 0.346 e. The number of anilines is 6. The molecule has 6 rings (SSSR count). The molecule has 0 aromatic heterocycles. The minimum absolute atomic E-state index is 0.331. The van der Waals surface area contributed by atoms with Crippen LogP contribution in [0.2, 0.25) is 0 Å². The molecule has 0 saturated heterocycles. The Bertz CT molecular complexity index is 2170. The zero-order valence-corrected chi connectivity index (χ0v) is 27.7. The smallest absolute Gasteiger partial charge is 0.346 e. The van der Waals surface area contributed by atoms with Gasteiger partial charge in [-0.15, -0.1) is 0 Å². The molecular formula is C44H30N4O4. The zero-order valence-electron chi connectivity index (χ0n) is 27.7. The van der Waals surface area contributed by atoms with Gasteiger partial charge in [-0.3, -0.25) is 4.79 Å². The normalized spacial score (nSPS) is 11.2. The molecule has 2 N–H and O–H groups in total. The summed E-state index contributed by atoms with van der Waals surface area (Å²) in [7, 11) is 0. The Morgan fingerprint density at radius 3 is 1.19 bits per heavy atom. The number of nitrogens with zero attached hydrogens (tertiary/aromatic N) is 4. The lowest BCUT2D eigenvalue weighted by molar-refractivity contribution is -0.133. The van der Waals surface area contributed by atoms with Crippen molar-refractivity contribution >= 4 is 58.2 Å². The van der Waals surface area contributed by atoms with Crippen LogP contribution in [0.3, 0.4) is 0 Å². The molecule has 0 aliphatic rings. The van der Waals surface area contributed by atoms with E-state index < -0.39 is 11.9 Å². The predicted molar refractivity (Wildman–Crippen MR) is 205 cm³/mol. The molecule has 0 unspecified atom stereocenters. The monoisotopic (exact) mass is 678 g/mol. The molecule has 0 atom stereocenters. The van der Waals surface area contributed by atoms with E-state index in [2.05, 4.69) is 63.2 Å². The molecule has 0 bridgehead atoms. The van der Waals surface area contributed by atoms with Crippen LogP contribution in [0.1, 0.15) is 11.1 Å². The number of carbonyl (C=O) groups is 2. The van der Waals surface area contributed by atoms with Gasteiger partial charge in [0, 0.05) is 34.1 Å². The van der Waals surface area contributed by atoms with Crippen LogP contribution < -0.4 is 9.80 Å². The first-order valence-electron chi connectivity index (χ1n) is 16.1. The topological polar surface area (TPSA) is 109 Å². The van der Waals surface area contributed by atoms with Gasteiger partial charge in [0.25, 0.3) is 5.70 Å². The minimum atomic E-state index is -1.27. The largest absolute Gasteiger partial charge is 0.486 e. The highest BCUT2D eigenvalue weighted by molar-refractivity contribution is 5.96. The van der Waals surface area contributed by atoms with Gasteiger partial charge in [0.15, 0.2) is 0 Å². The van der Waals surface area contributed by atoms with Gasteiger partial charge in [-0.1, -0.05) is 84.9 Å². The zero-order chi connectivity index (χ0) is 36.5. The Kier molecular flexibility index (Phi) is 10.3. The first-order chi connectivity index (χ1) is 25.3. The summed E-state index contributed by atoms with van der Waals surface area (Å²) in [5, 5.41) is 27.6. The molecule has 0 fully saturated rings. The van der Waals surface area contributed by atoms with Gasteiger partial charge in [0.05, 0.1) is 6.57 Å². The third kappa shape index (κ3) is 7.79. The number of carboxylic acid groups (broad SMARTS) is 2. The van der Waals surface area contributed by atoms with E-state index in [0.717, 1.165) is 45.3 Å². The Morgan fingerprint density at radius 2 is 0.865 bits per heavy atom. The average molecular weight is 679 g/mol. The second kappa shape index (κ2) is 15.7. The lowest BCUT2D eigenvalue weighted by Gasteiger charge is -2.26. The number of carboxylic acids is 2. The third-order valence-electron chi connectivity index (χ3n) is 8.22. The van der Waals surface area contributed by atoms with Crippen molar-refractivity contribution in [2.24, 2.45) is 0 Å². The first kappa shape index (κ1) is 34.2. The van der Waals surface area contributed by atoms with Gasteiger partial charge >= 0.3 is 11.9 Å². The Balaban J connectivity index is 1.28. The van der Waals surface area contributed by atoms with E-state index in [0.29, 0.717) is 11.1 Å². The molecule has 0 heterocycles. The SMILES string of the molecule is [C-]#[N+]/C(=C/c1ccc(N(c2ccccc2)c2ccc(-c3ccc(N(c4ccccc4)c4ccc(/C=C(\C#N)C(=O)O)cc4)cc3)cc2)cc1)C(=O)O. The average Bonchev–Trinajstić information content (AvgIpc) is 3.18. The maximum absolute atomic E-state index is 11.3. The fraction of sp³-hybridized carbons (Fsp3) is 0. The van der Waals surface area contributed by atoms with Crippen molar-refractivity contribution in [3.8, 4) is 17.2 Å². The molecule has 8 heteroatoms. The number of aliphatic carboxylic acids is 2. The van der Waals surface area contributed by atoms with Crippen LogP contribution in [-0.2, 0) is 9.59 Å². The van der Waals surface area contributed by atoms with Gasteiger partial charge in [0.2, 0.25) is 0 Å². The van der Waals surface area contributed by atoms with Gasteiger partial charge in [-0.25, -0.2) is 9.64 Å². The van der Waals surface area contributed by atoms with E-state index in [9.17, 15) is 19.8 Å². The predicted octanol–water partition coefficient (Wildman–Crippen LogP) is 10.6. The van der Waals surface area contributed by atoms with Gasteiger partial charge < -0.3 is 20.0 Å². The third-order valence-corrected chi connectivity index (χ3v) is 8.22. The van der Waals surface area contributed by atoms with E-state index in [-0.39, 0.29) is 11.3 Å². The summed E-state index contributed by atoms with van der Waals surface area (Å²) in [5.41, 5.74) is 8.11. The molecule has 0 amide bonds. The molecule has 0 aliphatic heterocycles. The molecule has 250 valence electrons. The van der Waals surface area contributed by atoms with Gasteiger partial charge in [0.1, 0.15) is 11.6 Å². The van der Waals surface area contributed by atoms with Crippen molar-refractivity contribution in [3.63, 3.8) is 0 Å². The molecule has 52 heavy (non-hydrogen) atoms. The lowest BCUT2D eigenvalue weighted by Crippen LogP contribution is -2.10. The Hall–Kier alpha value is -7.68. The number of rotatable bonds is 11. The van der Waals surface area contributed by atoms with Crippen LogP contribution in [0.5, 0.6) is 0 Å². The highest BCUT2D eigenvalue weighted by Gasteiger charge is 2.15.